The molecule has 4 amide bonds. The Bertz CT molecular complexity index is 1910. The highest BCUT2D eigenvalue weighted by molar-refractivity contribution is 6.04. The van der Waals surface area contributed by atoms with E-state index in [-0.39, 0.29) is 35.7 Å². The number of ether oxygens (including phenoxy) is 2. The van der Waals surface area contributed by atoms with E-state index in [1.165, 1.54) is 14.2 Å². The molecule has 0 saturated carbocycles. The minimum atomic E-state index is -0.689. The van der Waals surface area contributed by atoms with E-state index in [2.05, 4.69) is 57.0 Å². The molecule has 3 aliphatic rings. The largest absolute Gasteiger partial charge is 0.453 e. The highest BCUT2D eigenvalue weighted by Crippen LogP contribution is 2.49. The molecule has 0 unspecified atom stereocenters. The molecular weight excluding hydrogens is 688 g/mol. The van der Waals surface area contributed by atoms with Gasteiger partial charge in [-0.3, -0.25) is 9.59 Å². The number of imidazole rings is 2. The highest BCUT2D eigenvalue weighted by Gasteiger charge is 2.39. The molecule has 2 fully saturated rings. The first kappa shape index (κ1) is 36.7. The van der Waals surface area contributed by atoms with Gasteiger partial charge in [0.15, 0.2) is 0 Å². The van der Waals surface area contributed by atoms with Gasteiger partial charge in [0, 0.05) is 24.2 Å². The number of nitrogens with one attached hydrogen (secondary N) is 4. The molecule has 4 aromatic rings. The summed E-state index contributed by atoms with van der Waals surface area (Å²) in [7, 11) is 2.58. The van der Waals surface area contributed by atoms with Crippen molar-refractivity contribution >= 4 is 24.0 Å². The molecule has 4 N–H and O–H groups in total. The van der Waals surface area contributed by atoms with Crippen molar-refractivity contribution in [3.63, 3.8) is 0 Å². The van der Waals surface area contributed by atoms with Gasteiger partial charge in [0.2, 0.25) is 11.8 Å². The van der Waals surface area contributed by atoms with Crippen LogP contribution in [0.3, 0.4) is 0 Å². The molecule has 0 bridgehead atoms. The molecule has 2 aliphatic heterocycles. The van der Waals surface area contributed by atoms with Gasteiger partial charge in [0.1, 0.15) is 23.7 Å². The number of H-pyrrole nitrogens is 2. The lowest BCUT2D eigenvalue weighted by molar-refractivity contribution is -0.136. The summed E-state index contributed by atoms with van der Waals surface area (Å²) in [4.78, 5) is 71.1. The zero-order valence-corrected chi connectivity index (χ0v) is 31.6. The summed E-state index contributed by atoms with van der Waals surface area (Å²) in [5, 5.41) is 5.40. The van der Waals surface area contributed by atoms with Crippen molar-refractivity contribution in [2.75, 3.05) is 27.3 Å². The Morgan fingerprint density at radius 2 is 1.07 bits per heavy atom. The highest BCUT2D eigenvalue weighted by atomic mass is 16.5. The van der Waals surface area contributed by atoms with Crippen molar-refractivity contribution in [1.82, 2.24) is 40.4 Å². The topological polar surface area (TPSA) is 175 Å². The lowest BCUT2D eigenvalue weighted by Crippen LogP contribution is -2.51. The van der Waals surface area contributed by atoms with Crippen LogP contribution in [-0.2, 0) is 19.1 Å². The number of benzene rings is 2. The predicted molar refractivity (Wildman–Crippen MR) is 202 cm³/mol. The predicted octanol–water partition coefficient (Wildman–Crippen LogP) is 6.20. The Morgan fingerprint density at radius 1 is 0.667 bits per heavy atom. The van der Waals surface area contributed by atoms with Gasteiger partial charge in [-0.05, 0) is 71.9 Å². The quantitative estimate of drug-likeness (QED) is 0.131. The lowest BCUT2D eigenvalue weighted by atomic mass is 9.78. The fourth-order valence-corrected chi connectivity index (χ4v) is 7.97. The van der Waals surface area contributed by atoms with Crippen LogP contribution in [0.2, 0.25) is 0 Å². The summed E-state index contributed by atoms with van der Waals surface area (Å²) >= 11 is 0. The fraction of sp³-hybridized carbons (Fsp3) is 0.450. The maximum absolute atomic E-state index is 13.6. The first-order chi connectivity index (χ1) is 26.0. The minimum Gasteiger partial charge on any atom is -0.453 e. The Labute approximate surface area is 314 Å². The van der Waals surface area contributed by atoms with E-state index in [9.17, 15) is 19.2 Å². The second-order valence-electron chi connectivity index (χ2n) is 15.0. The van der Waals surface area contributed by atoms with Gasteiger partial charge in [-0.1, -0.05) is 52.0 Å². The summed E-state index contributed by atoms with van der Waals surface area (Å²) in [5.41, 5.74) is 8.37. The Balaban J connectivity index is 1.05. The van der Waals surface area contributed by atoms with E-state index in [1.54, 1.807) is 0 Å². The van der Waals surface area contributed by atoms with Crippen molar-refractivity contribution in [2.45, 2.75) is 77.5 Å². The smallest absolute Gasteiger partial charge is 0.407 e. The molecule has 14 heteroatoms. The summed E-state index contributed by atoms with van der Waals surface area (Å²) in [5.74, 6) is 0.964. The van der Waals surface area contributed by atoms with E-state index < -0.39 is 24.3 Å². The number of methoxy groups -OCH3 is 2. The molecule has 284 valence electrons. The number of nitrogens with zero attached hydrogens (tertiary/aromatic N) is 4. The van der Waals surface area contributed by atoms with Gasteiger partial charge in [0.05, 0.1) is 50.1 Å². The minimum absolute atomic E-state index is 0.106. The van der Waals surface area contributed by atoms with Gasteiger partial charge in [-0.25, -0.2) is 19.6 Å². The van der Waals surface area contributed by atoms with Crippen molar-refractivity contribution < 1.29 is 28.7 Å². The van der Waals surface area contributed by atoms with Gasteiger partial charge >= 0.3 is 12.2 Å². The number of rotatable bonds is 10. The molecule has 14 nitrogen and oxygen atoms in total. The fourth-order valence-electron chi connectivity index (χ4n) is 7.97. The van der Waals surface area contributed by atoms with E-state index in [0.29, 0.717) is 13.1 Å². The Hall–Kier alpha value is -5.66. The first-order valence-corrected chi connectivity index (χ1v) is 18.7. The molecule has 2 aromatic carbocycles. The number of aromatic nitrogens is 4. The number of hydrogen-bond donors (Lipinski definition) is 4. The molecule has 2 aromatic heterocycles. The average molecular weight is 737 g/mol. The SMILES string of the molecule is COC(=O)N[C@H](C(=O)N1CCC[C@H]1c1ncc(-c2ccc3c(c2)-c2ccc(-c4cnc([C@@H]5CCCN5C(=O)[C@@H](NC(=O)OC)C(C)C)[nH]4)cc2-3)[nH]1)C(C)C. The maximum Gasteiger partial charge on any atom is 0.407 e. The summed E-state index contributed by atoms with van der Waals surface area (Å²) in [6.07, 6.45) is 5.65. The first-order valence-electron chi connectivity index (χ1n) is 18.7. The van der Waals surface area contributed by atoms with Gasteiger partial charge in [-0.15, -0.1) is 0 Å². The Kier molecular flexibility index (Phi) is 10.2. The molecule has 4 atom stereocenters. The van der Waals surface area contributed by atoms with Crippen LogP contribution in [0.15, 0.2) is 48.8 Å². The zero-order valence-electron chi connectivity index (χ0n) is 31.6. The van der Waals surface area contributed by atoms with Gasteiger partial charge < -0.3 is 39.9 Å². The zero-order chi connectivity index (χ0) is 38.3. The lowest BCUT2D eigenvalue weighted by Gasteiger charge is -2.30. The summed E-state index contributed by atoms with van der Waals surface area (Å²) in [6, 6.07) is 11.0. The van der Waals surface area contributed by atoms with Crippen LogP contribution in [0.4, 0.5) is 9.59 Å². The molecule has 2 saturated heterocycles. The van der Waals surface area contributed by atoms with E-state index in [0.717, 1.165) is 82.1 Å². The van der Waals surface area contributed by atoms with Gasteiger partial charge in [0.25, 0.3) is 0 Å². The number of amides is 4. The number of likely N-dealkylation sites (tertiary alicyclic amines) is 2. The number of hydrogen-bond acceptors (Lipinski definition) is 8. The molecular formula is C40H48N8O6. The van der Waals surface area contributed by atoms with E-state index in [4.69, 9.17) is 19.4 Å². The normalized spacial score (nSPS) is 18.5. The number of aromatic amines is 2. The summed E-state index contributed by atoms with van der Waals surface area (Å²) in [6.45, 7) is 8.80. The molecule has 4 heterocycles. The third-order valence-electron chi connectivity index (χ3n) is 10.9. The maximum atomic E-state index is 13.6. The molecule has 1 aliphatic carbocycles. The number of carbonyl (C=O) groups is 4. The molecule has 0 radical (unpaired) electrons. The second-order valence-corrected chi connectivity index (χ2v) is 15.0. The van der Waals surface area contributed by atoms with Crippen molar-refractivity contribution in [1.29, 1.82) is 0 Å². The average Bonchev–Trinajstić information content (AvgIpc) is 4.00. The monoisotopic (exact) mass is 736 g/mol. The van der Waals surface area contributed by atoms with Crippen molar-refractivity contribution in [2.24, 2.45) is 11.8 Å². The molecule has 7 rings (SSSR count). The number of alkyl carbamates (subject to hydrolysis) is 2. The number of carbonyl (C=O) groups excluding carboxylic acids is 4. The Morgan fingerprint density at radius 3 is 1.44 bits per heavy atom. The van der Waals surface area contributed by atoms with Crippen LogP contribution in [0, 0.1) is 11.8 Å². The van der Waals surface area contributed by atoms with Crippen LogP contribution in [0.1, 0.15) is 77.1 Å². The van der Waals surface area contributed by atoms with Crippen molar-refractivity contribution in [3.8, 4) is 44.8 Å². The van der Waals surface area contributed by atoms with E-state index >= 15 is 0 Å². The summed E-state index contributed by atoms with van der Waals surface area (Å²) < 4.78 is 9.53. The van der Waals surface area contributed by atoms with Gasteiger partial charge in [-0.2, -0.15) is 0 Å². The number of fused-ring (bicyclic) bond motifs is 4. The van der Waals surface area contributed by atoms with Crippen LogP contribution in [0.5, 0.6) is 0 Å². The third-order valence-corrected chi connectivity index (χ3v) is 10.9. The molecule has 0 spiro atoms. The molecule has 54 heavy (non-hydrogen) atoms. The standard InChI is InChI=1S/C40H48N8O6/c1-21(2)33(45-39(51)53-5)37(49)47-15-7-9-31(47)35-41-19-29(43-35)23-11-13-25-27(17-23)26-14-12-24(18-28(25)26)30-20-42-36(44-30)32-10-8-16-48(32)38(50)34(22(3)4)46-40(52)54-6/h11-14,17-22,31-34H,7-10,15-16H2,1-6H3,(H,41,43)(H,42,44)(H,45,51)(H,46,52)/t31-,32-,33-,34-/m0/s1. The van der Waals surface area contributed by atoms with Crippen LogP contribution in [-0.4, -0.2) is 93.1 Å². The van der Waals surface area contributed by atoms with Crippen molar-refractivity contribution in [3.05, 3.63) is 60.4 Å². The van der Waals surface area contributed by atoms with Crippen LogP contribution < -0.4 is 10.6 Å². The van der Waals surface area contributed by atoms with Crippen LogP contribution in [0.25, 0.3) is 44.8 Å². The van der Waals surface area contributed by atoms with E-state index in [1.807, 2.05) is 49.9 Å². The second kappa shape index (κ2) is 15.0. The third kappa shape index (κ3) is 6.80. The van der Waals surface area contributed by atoms with Crippen LogP contribution >= 0.6 is 0 Å².